The Hall–Kier alpha value is -0.0800. The summed E-state index contributed by atoms with van der Waals surface area (Å²) in [5.74, 6) is 0. The predicted octanol–water partition coefficient (Wildman–Crippen LogP) is 1.82. The highest BCUT2D eigenvalue weighted by molar-refractivity contribution is 4.78. The zero-order valence-corrected chi connectivity index (χ0v) is 8.27. The predicted molar refractivity (Wildman–Crippen MR) is 46.6 cm³/mol. The maximum Gasteiger partial charge on any atom is 0.0628 e. The first kappa shape index (κ1) is 10.9. The van der Waals surface area contributed by atoms with Gasteiger partial charge in [0.1, 0.15) is 0 Å². The molecule has 1 N–H and O–H groups in total. The minimum absolute atomic E-state index is 0.0422. The summed E-state index contributed by atoms with van der Waals surface area (Å²) in [5.41, 5.74) is -0.175. The zero-order chi connectivity index (χ0) is 9.12. The van der Waals surface area contributed by atoms with Gasteiger partial charge in [-0.25, -0.2) is 0 Å². The topological polar surface area (TPSA) is 29.5 Å². The van der Waals surface area contributed by atoms with Gasteiger partial charge >= 0.3 is 0 Å². The van der Waals surface area contributed by atoms with Crippen molar-refractivity contribution in [3.8, 4) is 0 Å². The lowest BCUT2D eigenvalue weighted by Gasteiger charge is -2.32. The Bertz CT molecular complexity index is 103. The third-order valence-corrected chi connectivity index (χ3v) is 1.88. The first-order valence-corrected chi connectivity index (χ1v) is 3.99. The molecule has 0 saturated carbocycles. The fraction of sp³-hybridized carbons (Fsp3) is 1.00. The molecule has 0 fully saturated rings. The van der Waals surface area contributed by atoms with Gasteiger partial charge < -0.3 is 9.84 Å². The molecule has 0 aromatic carbocycles. The number of hydrogen-bond donors (Lipinski definition) is 1. The van der Waals surface area contributed by atoms with E-state index in [0.29, 0.717) is 0 Å². The molecule has 0 spiro atoms. The standard InChI is InChI=1S/C9H20O2/c1-8(2,7-10)6-9(3,4)11-5/h10H,6-7H2,1-5H3. The van der Waals surface area contributed by atoms with E-state index in [1.54, 1.807) is 7.11 Å². The average molecular weight is 160 g/mol. The van der Waals surface area contributed by atoms with Crippen molar-refractivity contribution >= 4 is 0 Å². The van der Waals surface area contributed by atoms with Gasteiger partial charge in [-0.2, -0.15) is 0 Å². The number of rotatable bonds is 4. The van der Waals surface area contributed by atoms with Crippen LogP contribution in [0.2, 0.25) is 0 Å². The summed E-state index contributed by atoms with van der Waals surface area (Å²) in [6, 6.07) is 0. The second-order valence-corrected chi connectivity index (χ2v) is 4.46. The molecule has 11 heavy (non-hydrogen) atoms. The first-order chi connectivity index (χ1) is 4.83. The van der Waals surface area contributed by atoms with Gasteiger partial charge in [-0.15, -0.1) is 0 Å². The zero-order valence-electron chi connectivity index (χ0n) is 8.27. The summed E-state index contributed by atoms with van der Waals surface area (Å²) in [6.45, 7) is 8.34. The fourth-order valence-corrected chi connectivity index (χ4v) is 1.28. The molecule has 0 aliphatic rings. The van der Waals surface area contributed by atoms with E-state index in [-0.39, 0.29) is 17.6 Å². The fourth-order valence-electron chi connectivity index (χ4n) is 1.28. The molecule has 0 saturated heterocycles. The van der Waals surface area contributed by atoms with E-state index in [9.17, 15) is 0 Å². The van der Waals surface area contributed by atoms with Crippen molar-refractivity contribution in [2.45, 2.75) is 39.7 Å². The second kappa shape index (κ2) is 3.55. The molecule has 2 heteroatoms. The third-order valence-electron chi connectivity index (χ3n) is 1.88. The molecule has 0 aromatic heterocycles. The molecule has 0 heterocycles. The van der Waals surface area contributed by atoms with Gasteiger partial charge in [0.25, 0.3) is 0 Å². The van der Waals surface area contributed by atoms with Crippen LogP contribution < -0.4 is 0 Å². The monoisotopic (exact) mass is 160 g/mol. The normalized spacial score (nSPS) is 13.6. The summed E-state index contributed by atoms with van der Waals surface area (Å²) in [4.78, 5) is 0. The van der Waals surface area contributed by atoms with Gasteiger partial charge in [-0.05, 0) is 25.7 Å². The molecule has 0 unspecified atom stereocenters. The van der Waals surface area contributed by atoms with Gasteiger partial charge in [-0.1, -0.05) is 13.8 Å². The van der Waals surface area contributed by atoms with Crippen molar-refractivity contribution in [3.63, 3.8) is 0 Å². The van der Waals surface area contributed by atoms with Crippen LogP contribution in [0.1, 0.15) is 34.1 Å². The Labute approximate surface area is 69.6 Å². The summed E-state index contributed by atoms with van der Waals surface area (Å²) in [7, 11) is 1.70. The largest absolute Gasteiger partial charge is 0.396 e. The van der Waals surface area contributed by atoms with Crippen LogP contribution >= 0.6 is 0 Å². The van der Waals surface area contributed by atoms with E-state index in [4.69, 9.17) is 9.84 Å². The molecule has 0 bridgehead atoms. The van der Waals surface area contributed by atoms with E-state index in [1.807, 2.05) is 27.7 Å². The Morgan fingerprint density at radius 1 is 1.18 bits per heavy atom. The van der Waals surface area contributed by atoms with Crippen LogP contribution in [0.4, 0.5) is 0 Å². The summed E-state index contributed by atoms with van der Waals surface area (Å²) in [5, 5.41) is 9.00. The summed E-state index contributed by atoms with van der Waals surface area (Å²) >= 11 is 0. The minimum atomic E-state index is -0.133. The number of aliphatic hydroxyl groups is 1. The number of methoxy groups -OCH3 is 1. The molecular formula is C9H20O2. The van der Waals surface area contributed by atoms with E-state index in [2.05, 4.69) is 0 Å². The molecule has 0 aromatic rings. The summed E-state index contributed by atoms with van der Waals surface area (Å²) < 4.78 is 5.26. The van der Waals surface area contributed by atoms with Crippen molar-refractivity contribution in [2.75, 3.05) is 13.7 Å². The molecule has 2 nitrogen and oxygen atoms in total. The number of aliphatic hydroxyl groups excluding tert-OH is 1. The van der Waals surface area contributed by atoms with Crippen LogP contribution in [0.5, 0.6) is 0 Å². The van der Waals surface area contributed by atoms with E-state index < -0.39 is 0 Å². The van der Waals surface area contributed by atoms with Gasteiger partial charge in [0.05, 0.1) is 5.60 Å². The van der Waals surface area contributed by atoms with Crippen molar-refractivity contribution in [1.82, 2.24) is 0 Å². The molecule has 0 amide bonds. The molecule has 0 aliphatic heterocycles. The Morgan fingerprint density at radius 3 is 1.91 bits per heavy atom. The first-order valence-electron chi connectivity index (χ1n) is 3.99. The maximum atomic E-state index is 9.00. The SMILES string of the molecule is COC(C)(C)CC(C)(C)CO. The van der Waals surface area contributed by atoms with Crippen molar-refractivity contribution < 1.29 is 9.84 Å². The van der Waals surface area contributed by atoms with Gasteiger partial charge in [0.2, 0.25) is 0 Å². The Morgan fingerprint density at radius 2 is 1.64 bits per heavy atom. The molecular weight excluding hydrogens is 140 g/mol. The molecule has 0 rings (SSSR count). The highest BCUT2D eigenvalue weighted by Crippen LogP contribution is 2.28. The highest BCUT2D eigenvalue weighted by Gasteiger charge is 2.27. The van der Waals surface area contributed by atoms with E-state index in [0.717, 1.165) is 6.42 Å². The van der Waals surface area contributed by atoms with Crippen LogP contribution in [-0.2, 0) is 4.74 Å². The Kier molecular flexibility index (Phi) is 3.52. The lowest BCUT2D eigenvalue weighted by Crippen LogP contribution is -2.32. The van der Waals surface area contributed by atoms with Crippen LogP contribution in [0, 0.1) is 5.41 Å². The lowest BCUT2D eigenvalue weighted by atomic mass is 9.82. The average Bonchev–Trinajstić information content (AvgIpc) is 1.86. The van der Waals surface area contributed by atoms with E-state index in [1.165, 1.54) is 0 Å². The smallest absolute Gasteiger partial charge is 0.0628 e. The molecule has 68 valence electrons. The van der Waals surface area contributed by atoms with E-state index >= 15 is 0 Å². The highest BCUT2D eigenvalue weighted by atomic mass is 16.5. The minimum Gasteiger partial charge on any atom is -0.396 e. The maximum absolute atomic E-state index is 9.00. The van der Waals surface area contributed by atoms with Gasteiger partial charge in [0.15, 0.2) is 0 Å². The van der Waals surface area contributed by atoms with Crippen molar-refractivity contribution in [1.29, 1.82) is 0 Å². The van der Waals surface area contributed by atoms with Crippen LogP contribution in [-0.4, -0.2) is 24.4 Å². The van der Waals surface area contributed by atoms with Crippen LogP contribution in [0.3, 0.4) is 0 Å². The van der Waals surface area contributed by atoms with Crippen LogP contribution in [0.25, 0.3) is 0 Å². The molecule has 0 atom stereocenters. The van der Waals surface area contributed by atoms with Crippen LogP contribution in [0.15, 0.2) is 0 Å². The Balaban J connectivity index is 4.02. The number of hydrogen-bond acceptors (Lipinski definition) is 2. The van der Waals surface area contributed by atoms with Gasteiger partial charge in [0, 0.05) is 13.7 Å². The number of ether oxygens (including phenoxy) is 1. The van der Waals surface area contributed by atoms with Crippen molar-refractivity contribution in [3.05, 3.63) is 0 Å². The molecule has 0 aliphatic carbocycles. The quantitative estimate of drug-likeness (QED) is 0.679. The lowest BCUT2D eigenvalue weighted by molar-refractivity contribution is -0.0251. The second-order valence-electron chi connectivity index (χ2n) is 4.46. The molecule has 0 radical (unpaired) electrons. The van der Waals surface area contributed by atoms with Crippen molar-refractivity contribution in [2.24, 2.45) is 5.41 Å². The van der Waals surface area contributed by atoms with Gasteiger partial charge in [-0.3, -0.25) is 0 Å². The third kappa shape index (κ3) is 4.38. The summed E-state index contributed by atoms with van der Waals surface area (Å²) in [6.07, 6.45) is 0.868.